The number of amides is 1. The zero-order valence-electron chi connectivity index (χ0n) is 9.90. The van der Waals surface area contributed by atoms with Gasteiger partial charge in [-0.15, -0.1) is 0 Å². The summed E-state index contributed by atoms with van der Waals surface area (Å²) < 4.78 is 5.28. The molecule has 1 amide bonds. The number of carbonyl (C=O) groups excluding carboxylic acids is 1. The van der Waals surface area contributed by atoms with E-state index in [1.807, 2.05) is 6.92 Å². The Labute approximate surface area is 95.2 Å². The highest BCUT2D eigenvalue weighted by Gasteiger charge is 2.31. The average Bonchev–Trinajstić information content (AvgIpc) is 2.59. The van der Waals surface area contributed by atoms with E-state index in [0.717, 1.165) is 0 Å². The molecular weight excluding hydrogens is 210 g/mol. The third-order valence-electron chi connectivity index (χ3n) is 2.80. The quantitative estimate of drug-likeness (QED) is 0.741. The second kappa shape index (κ2) is 5.30. The molecule has 1 rings (SSSR count). The summed E-state index contributed by atoms with van der Waals surface area (Å²) in [6.45, 7) is 5.83. The molecule has 2 unspecified atom stereocenters. The van der Waals surface area contributed by atoms with Crippen molar-refractivity contribution in [2.45, 2.75) is 39.3 Å². The second-order valence-electron chi connectivity index (χ2n) is 4.65. The highest BCUT2D eigenvalue weighted by molar-refractivity contribution is 5.85. The lowest BCUT2D eigenvalue weighted by Crippen LogP contribution is -2.46. The number of rotatable bonds is 4. The predicted molar refractivity (Wildman–Crippen MR) is 57.9 cm³/mol. The van der Waals surface area contributed by atoms with E-state index in [0.29, 0.717) is 13.0 Å². The van der Waals surface area contributed by atoms with E-state index < -0.39 is 12.0 Å². The monoisotopic (exact) mass is 229 g/mol. The summed E-state index contributed by atoms with van der Waals surface area (Å²) in [6, 6.07) is -0.816. The molecule has 5 nitrogen and oxygen atoms in total. The molecule has 5 heteroatoms. The summed E-state index contributed by atoms with van der Waals surface area (Å²) in [4.78, 5) is 22.7. The van der Waals surface area contributed by atoms with Crippen molar-refractivity contribution < 1.29 is 19.4 Å². The van der Waals surface area contributed by atoms with Gasteiger partial charge in [0.15, 0.2) is 0 Å². The minimum absolute atomic E-state index is 0.0816. The maximum Gasteiger partial charge on any atom is 0.326 e. The molecule has 1 aliphatic rings. The summed E-state index contributed by atoms with van der Waals surface area (Å²) in [5.74, 6) is -1.54. The third-order valence-corrected chi connectivity index (χ3v) is 2.80. The van der Waals surface area contributed by atoms with E-state index in [-0.39, 0.29) is 23.8 Å². The van der Waals surface area contributed by atoms with Crippen LogP contribution in [0.3, 0.4) is 0 Å². The van der Waals surface area contributed by atoms with Crippen LogP contribution in [0.1, 0.15) is 27.2 Å². The van der Waals surface area contributed by atoms with Crippen molar-refractivity contribution in [3.8, 4) is 0 Å². The predicted octanol–water partition coefficient (Wildman–Crippen LogP) is 0.637. The van der Waals surface area contributed by atoms with Gasteiger partial charge in [0, 0.05) is 0 Å². The molecule has 16 heavy (non-hydrogen) atoms. The minimum atomic E-state index is -0.990. The first kappa shape index (κ1) is 13.0. The zero-order chi connectivity index (χ0) is 12.3. The number of ether oxygens (including phenoxy) is 1. The highest BCUT2D eigenvalue weighted by Crippen LogP contribution is 2.19. The van der Waals surface area contributed by atoms with E-state index >= 15 is 0 Å². The van der Waals surface area contributed by atoms with Crippen LogP contribution in [0.2, 0.25) is 0 Å². The summed E-state index contributed by atoms with van der Waals surface area (Å²) in [5, 5.41) is 11.5. The average molecular weight is 229 g/mol. The normalized spacial score (nSPS) is 26.8. The van der Waals surface area contributed by atoms with Gasteiger partial charge < -0.3 is 15.2 Å². The largest absolute Gasteiger partial charge is 0.480 e. The first-order chi connectivity index (χ1) is 7.41. The zero-order valence-corrected chi connectivity index (χ0v) is 9.90. The Kier molecular flexibility index (Phi) is 4.29. The van der Waals surface area contributed by atoms with Crippen molar-refractivity contribution in [2.75, 3.05) is 6.61 Å². The minimum Gasteiger partial charge on any atom is -0.480 e. The Morgan fingerprint density at radius 1 is 1.44 bits per heavy atom. The van der Waals surface area contributed by atoms with Gasteiger partial charge in [0.2, 0.25) is 5.91 Å². The number of carboxylic acids is 1. The molecular formula is C11H19NO4. The fourth-order valence-corrected chi connectivity index (χ4v) is 1.78. The van der Waals surface area contributed by atoms with Gasteiger partial charge >= 0.3 is 5.97 Å². The third kappa shape index (κ3) is 3.20. The van der Waals surface area contributed by atoms with Crippen LogP contribution < -0.4 is 5.32 Å². The molecule has 0 aromatic heterocycles. The number of carboxylic acid groups (broad SMARTS) is 1. The van der Waals surface area contributed by atoms with Crippen LogP contribution in [0.5, 0.6) is 0 Å². The van der Waals surface area contributed by atoms with E-state index in [9.17, 15) is 9.59 Å². The second-order valence-corrected chi connectivity index (χ2v) is 4.65. The number of carbonyl (C=O) groups is 2. The van der Waals surface area contributed by atoms with Gasteiger partial charge in [-0.3, -0.25) is 4.79 Å². The molecule has 0 aromatic carbocycles. The van der Waals surface area contributed by atoms with E-state index in [2.05, 4.69) is 5.32 Å². The molecule has 0 spiro atoms. The van der Waals surface area contributed by atoms with Crippen molar-refractivity contribution in [3.63, 3.8) is 0 Å². The topological polar surface area (TPSA) is 75.6 Å². The molecule has 0 radical (unpaired) electrons. The molecule has 1 saturated heterocycles. The first-order valence-corrected chi connectivity index (χ1v) is 5.56. The molecule has 1 heterocycles. The van der Waals surface area contributed by atoms with Crippen molar-refractivity contribution in [1.82, 2.24) is 5.32 Å². The molecule has 1 aliphatic heterocycles. The van der Waals surface area contributed by atoms with Crippen molar-refractivity contribution in [1.29, 1.82) is 0 Å². The summed E-state index contributed by atoms with van der Waals surface area (Å²) in [7, 11) is 0. The molecule has 0 aliphatic carbocycles. The maximum absolute atomic E-state index is 11.8. The standard InChI is InChI=1S/C11H19NO4/c1-6(2)9(11(14)15)12-10(13)8-4-7(3)16-5-8/h6-9H,4-5H2,1-3H3,(H,12,13)(H,14,15)/t7?,8?,9-/m1/s1. The van der Waals surface area contributed by atoms with Gasteiger partial charge in [-0.05, 0) is 19.3 Å². The molecule has 92 valence electrons. The lowest BCUT2D eigenvalue weighted by atomic mass is 10.0. The molecule has 3 atom stereocenters. The van der Waals surface area contributed by atoms with Gasteiger partial charge in [0.1, 0.15) is 6.04 Å². The van der Waals surface area contributed by atoms with Crippen LogP contribution in [-0.2, 0) is 14.3 Å². The summed E-state index contributed by atoms with van der Waals surface area (Å²) >= 11 is 0. The lowest BCUT2D eigenvalue weighted by Gasteiger charge is -2.19. The van der Waals surface area contributed by atoms with Gasteiger partial charge in [-0.1, -0.05) is 13.8 Å². The van der Waals surface area contributed by atoms with Crippen LogP contribution in [0.25, 0.3) is 0 Å². The fourth-order valence-electron chi connectivity index (χ4n) is 1.78. The van der Waals surface area contributed by atoms with Crippen LogP contribution >= 0.6 is 0 Å². The van der Waals surface area contributed by atoms with E-state index in [1.54, 1.807) is 13.8 Å². The first-order valence-electron chi connectivity index (χ1n) is 5.56. The maximum atomic E-state index is 11.8. The van der Waals surface area contributed by atoms with E-state index in [1.165, 1.54) is 0 Å². The SMILES string of the molecule is CC1CC(C(=O)N[C@@H](C(=O)O)C(C)C)CO1. The Morgan fingerprint density at radius 2 is 2.06 bits per heavy atom. The number of nitrogens with one attached hydrogen (secondary N) is 1. The Bertz CT molecular complexity index is 277. The lowest BCUT2D eigenvalue weighted by molar-refractivity contribution is -0.143. The van der Waals surface area contributed by atoms with Crippen LogP contribution in [0.4, 0.5) is 0 Å². The van der Waals surface area contributed by atoms with E-state index in [4.69, 9.17) is 9.84 Å². The smallest absolute Gasteiger partial charge is 0.326 e. The van der Waals surface area contributed by atoms with Gasteiger partial charge in [-0.25, -0.2) is 4.79 Å². The Morgan fingerprint density at radius 3 is 2.44 bits per heavy atom. The van der Waals surface area contributed by atoms with Crippen molar-refractivity contribution in [2.24, 2.45) is 11.8 Å². The van der Waals surface area contributed by atoms with Gasteiger partial charge in [0.05, 0.1) is 18.6 Å². The van der Waals surface area contributed by atoms with Gasteiger partial charge in [-0.2, -0.15) is 0 Å². The van der Waals surface area contributed by atoms with Crippen molar-refractivity contribution >= 4 is 11.9 Å². The number of hydrogen-bond donors (Lipinski definition) is 2. The molecule has 1 fully saturated rings. The summed E-state index contributed by atoms with van der Waals surface area (Å²) in [6.07, 6.45) is 0.745. The van der Waals surface area contributed by atoms with Gasteiger partial charge in [0.25, 0.3) is 0 Å². The number of hydrogen-bond acceptors (Lipinski definition) is 3. The van der Waals surface area contributed by atoms with Crippen LogP contribution in [0.15, 0.2) is 0 Å². The Hall–Kier alpha value is -1.10. The molecule has 0 aromatic rings. The highest BCUT2D eigenvalue weighted by atomic mass is 16.5. The molecule has 0 bridgehead atoms. The molecule has 2 N–H and O–H groups in total. The number of aliphatic carboxylic acids is 1. The van der Waals surface area contributed by atoms with Crippen LogP contribution in [-0.4, -0.2) is 35.7 Å². The van der Waals surface area contributed by atoms with Crippen LogP contribution in [0, 0.1) is 11.8 Å². The summed E-state index contributed by atoms with van der Waals surface area (Å²) in [5.41, 5.74) is 0. The van der Waals surface area contributed by atoms with Crippen molar-refractivity contribution in [3.05, 3.63) is 0 Å². The Balaban J connectivity index is 2.52. The molecule has 0 saturated carbocycles. The fraction of sp³-hybridized carbons (Fsp3) is 0.818.